The number of halogens is 2. The number of nitriles is 1. The van der Waals surface area contributed by atoms with Crippen LogP contribution in [0.1, 0.15) is 18.4 Å². The van der Waals surface area contributed by atoms with Gasteiger partial charge in [0.25, 0.3) is 0 Å². The van der Waals surface area contributed by atoms with Gasteiger partial charge in [-0.15, -0.1) is 0 Å². The first-order chi connectivity index (χ1) is 12.1. The summed E-state index contributed by atoms with van der Waals surface area (Å²) in [6.45, 7) is 1.36. The molecule has 7 heteroatoms. The van der Waals surface area contributed by atoms with E-state index >= 15 is 0 Å². The molecule has 3 rings (SSSR count). The van der Waals surface area contributed by atoms with Crippen LogP contribution in [0.4, 0.5) is 11.5 Å². The van der Waals surface area contributed by atoms with Gasteiger partial charge in [-0.1, -0.05) is 23.2 Å². The zero-order valence-electron chi connectivity index (χ0n) is 13.4. The van der Waals surface area contributed by atoms with Crippen LogP contribution in [-0.4, -0.2) is 24.0 Å². The van der Waals surface area contributed by atoms with Crippen molar-refractivity contribution in [3.8, 4) is 6.07 Å². The molecule has 1 amide bonds. The highest BCUT2D eigenvalue weighted by atomic mass is 35.5. The highest BCUT2D eigenvalue weighted by Gasteiger charge is 2.27. The topological polar surface area (TPSA) is 69.0 Å². The lowest BCUT2D eigenvalue weighted by Crippen LogP contribution is -2.41. The summed E-state index contributed by atoms with van der Waals surface area (Å²) < 4.78 is 0. The van der Waals surface area contributed by atoms with E-state index in [0.717, 1.165) is 25.1 Å². The Morgan fingerprint density at radius 3 is 2.80 bits per heavy atom. The van der Waals surface area contributed by atoms with Crippen molar-refractivity contribution < 1.29 is 4.79 Å². The molecule has 2 heterocycles. The van der Waals surface area contributed by atoms with Gasteiger partial charge >= 0.3 is 0 Å². The SMILES string of the molecule is N#Cc1cc(Cl)ccc1N1CCCC(C(=O)Nc2ccc(Cl)cn2)C1. The van der Waals surface area contributed by atoms with Crippen LogP contribution in [0.25, 0.3) is 0 Å². The number of aromatic nitrogens is 1. The van der Waals surface area contributed by atoms with Gasteiger partial charge in [0, 0.05) is 24.3 Å². The fourth-order valence-corrected chi connectivity index (χ4v) is 3.25. The largest absolute Gasteiger partial charge is 0.370 e. The molecule has 1 aromatic carbocycles. The fourth-order valence-electron chi connectivity index (χ4n) is 2.96. The zero-order valence-corrected chi connectivity index (χ0v) is 14.9. The number of hydrogen-bond acceptors (Lipinski definition) is 4. The van der Waals surface area contributed by atoms with Gasteiger partial charge in [-0.05, 0) is 43.2 Å². The average molecular weight is 375 g/mol. The molecule has 25 heavy (non-hydrogen) atoms. The van der Waals surface area contributed by atoms with Crippen molar-refractivity contribution in [3.05, 3.63) is 52.1 Å². The highest BCUT2D eigenvalue weighted by molar-refractivity contribution is 6.31. The minimum atomic E-state index is -0.173. The average Bonchev–Trinajstić information content (AvgIpc) is 2.63. The molecule has 1 atom stereocenters. The van der Waals surface area contributed by atoms with Gasteiger partial charge in [0.1, 0.15) is 11.9 Å². The summed E-state index contributed by atoms with van der Waals surface area (Å²) in [4.78, 5) is 18.7. The Hall–Kier alpha value is -2.29. The van der Waals surface area contributed by atoms with Crippen molar-refractivity contribution in [2.75, 3.05) is 23.3 Å². The minimum Gasteiger partial charge on any atom is -0.370 e. The van der Waals surface area contributed by atoms with Crippen LogP contribution in [0.15, 0.2) is 36.5 Å². The molecule has 128 valence electrons. The molecule has 0 saturated carbocycles. The molecule has 1 unspecified atom stereocenters. The van der Waals surface area contributed by atoms with Crippen molar-refractivity contribution in [1.82, 2.24) is 4.98 Å². The molecular formula is C18H16Cl2N4O. The van der Waals surface area contributed by atoms with Gasteiger partial charge in [0.05, 0.1) is 22.2 Å². The number of carbonyl (C=O) groups excluding carboxylic acids is 1. The van der Waals surface area contributed by atoms with Crippen LogP contribution in [0, 0.1) is 17.2 Å². The van der Waals surface area contributed by atoms with E-state index in [-0.39, 0.29) is 11.8 Å². The minimum absolute atomic E-state index is 0.0769. The number of pyridine rings is 1. The molecule has 0 aliphatic carbocycles. The summed E-state index contributed by atoms with van der Waals surface area (Å²) in [5.41, 5.74) is 1.34. The third-order valence-electron chi connectivity index (χ3n) is 4.19. The fraction of sp³-hybridized carbons (Fsp3) is 0.278. The number of nitrogens with zero attached hydrogens (tertiary/aromatic N) is 3. The summed E-state index contributed by atoms with van der Waals surface area (Å²) in [6.07, 6.45) is 3.17. The van der Waals surface area contributed by atoms with E-state index in [1.807, 2.05) is 6.07 Å². The maximum Gasteiger partial charge on any atom is 0.230 e. The summed E-state index contributed by atoms with van der Waals surface area (Å²) in [5.74, 6) is 0.233. The second-order valence-electron chi connectivity index (χ2n) is 5.91. The van der Waals surface area contributed by atoms with Crippen molar-refractivity contribution >= 4 is 40.6 Å². The van der Waals surface area contributed by atoms with E-state index in [2.05, 4.69) is 21.3 Å². The Labute approximate surface area is 156 Å². The van der Waals surface area contributed by atoms with Crippen molar-refractivity contribution in [3.63, 3.8) is 0 Å². The van der Waals surface area contributed by atoms with E-state index in [0.29, 0.717) is 28.0 Å². The number of amides is 1. The number of hydrogen-bond donors (Lipinski definition) is 1. The quantitative estimate of drug-likeness (QED) is 0.877. The smallest absolute Gasteiger partial charge is 0.230 e. The number of rotatable bonds is 3. The molecule has 0 spiro atoms. The standard InChI is InChI=1S/C18H16Cl2N4O/c19-14-3-5-16(13(8-14)9-21)24-7-1-2-12(11-24)18(25)23-17-6-4-15(20)10-22-17/h3-6,8,10,12H,1-2,7,11H2,(H,22,23,25). The van der Waals surface area contributed by atoms with E-state index in [1.165, 1.54) is 6.20 Å². The Morgan fingerprint density at radius 2 is 2.08 bits per heavy atom. The first kappa shape index (κ1) is 17.5. The molecule has 1 aromatic heterocycles. The maximum absolute atomic E-state index is 12.5. The molecule has 1 saturated heterocycles. The predicted octanol–water partition coefficient (Wildman–Crippen LogP) is 4.12. The van der Waals surface area contributed by atoms with Gasteiger partial charge in [-0.2, -0.15) is 5.26 Å². The van der Waals surface area contributed by atoms with E-state index in [4.69, 9.17) is 23.2 Å². The lowest BCUT2D eigenvalue weighted by atomic mass is 9.96. The van der Waals surface area contributed by atoms with Crippen LogP contribution in [0.5, 0.6) is 0 Å². The molecule has 1 aliphatic rings. The van der Waals surface area contributed by atoms with Crippen LogP contribution in [0.3, 0.4) is 0 Å². The number of benzene rings is 1. The van der Waals surface area contributed by atoms with Crippen LogP contribution in [0.2, 0.25) is 10.0 Å². The Bertz CT molecular complexity index is 817. The number of piperidine rings is 1. The van der Waals surface area contributed by atoms with Crippen LogP contribution in [-0.2, 0) is 4.79 Å². The number of nitrogens with one attached hydrogen (secondary N) is 1. The molecule has 1 fully saturated rings. The molecule has 1 aliphatic heterocycles. The van der Waals surface area contributed by atoms with Gasteiger partial charge in [0.2, 0.25) is 5.91 Å². The number of carbonyl (C=O) groups is 1. The summed E-state index contributed by atoms with van der Waals surface area (Å²) in [6, 6.07) is 10.8. The van der Waals surface area contributed by atoms with Crippen molar-refractivity contribution in [1.29, 1.82) is 5.26 Å². The molecule has 5 nitrogen and oxygen atoms in total. The first-order valence-electron chi connectivity index (χ1n) is 7.94. The highest BCUT2D eigenvalue weighted by Crippen LogP contribution is 2.28. The van der Waals surface area contributed by atoms with E-state index < -0.39 is 0 Å². The van der Waals surface area contributed by atoms with Gasteiger partial charge in [-0.3, -0.25) is 4.79 Å². The maximum atomic E-state index is 12.5. The van der Waals surface area contributed by atoms with Gasteiger partial charge in [0.15, 0.2) is 0 Å². The first-order valence-corrected chi connectivity index (χ1v) is 8.69. The lowest BCUT2D eigenvalue weighted by Gasteiger charge is -2.34. The van der Waals surface area contributed by atoms with E-state index in [9.17, 15) is 10.1 Å². The second-order valence-corrected chi connectivity index (χ2v) is 6.78. The molecule has 0 bridgehead atoms. The summed E-state index contributed by atoms with van der Waals surface area (Å²) in [5, 5.41) is 13.2. The number of anilines is 2. The second kappa shape index (κ2) is 7.73. The van der Waals surface area contributed by atoms with E-state index in [1.54, 1.807) is 24.3 Å². The summed E-state index contributed by atoms with van der Waals surface area (Å²) in [7, 11) is 0. The van der Waals surface area contributed by atoms with Gasteiger partial charge < -0.3 is 10.2 Å². The molecule has 2 aromatic rings. The predicted molar refractivity (Wildman–Crippen MR) is 99.0 cm³/mol. The normalized spacial score (nSPS) is 17.0. The third-order valence-corrected chi connectivity index (χ3v) is 4.65. The monoisotopic (exact) mass is 374 g/mol. The molecule has 0 radical (unpaired) electrons. The zero-order chi connectivity index (χ0) is 17.8. The summed E-state index contributed by atoms with van der Waals surface area (Å²) >= 11 is 11.8. The van der Waals surface area contributed by atoms with Crippen LogP contribution < -0.4 is 10.2 Å². The molecular weight excluding hydrogens is 359 g/mol. The Kier molecular flexibility index (Phi) is 5.42. The Balaban J connectivity index is 1.72. The van der Waals surface area contributed by atoms with Crippen molar-refractivity contribution in [2.24, 2.45) is 5.92 Å². The Morgan fingerprint density at radius 1 is 1.28 bits per heavy atom. The molecule has 1 N–H and O–H groups in total. The van der Waals surface area contributed by atoms with Crippen molar-refractivity contribution in [2.45, 2.75) is 12.8 Å². The van der Waals surface area contributed by atoms with Crippen LogP contribution >= 0.6 is 23.2 Å². The van der Waals surface area contributed by atoms with Gasteiger partial charge in [-0.25, -0.2) is 4.98 Å². The third kappa shape index (κ3) is 4.22. The lowest BCUT2D eigenvalue weighted by molar-refractivity contribution is -0.120.